The molecule has 0 saturated heterocycles. The molecule has 5 rings (SSSR count). The number of aromatic nitrogens is 2. The quantitative estimate of drug-likeness (QED) is 0.649. The highest BCUT2D eigenvalue weighted by molar-refractivity contribution is 7.80. The number of hydrogen-bond acceptors (Lipinski definition) is 4. The predicted molar refractivity (Wildman–Crippen MR) is 113 cm³/mol. The summed E-state index contributed by atoms with van der Waals surface area (Å²) in [5.74, 6) is 3.09. The number of imidazole rings is 1. The van der Waals surface area contributed by atoms with Gasteiger partial charge in [0.1, 0.15) is 24.0 Å². The Kier molecular flexibility index (Phi) is 4.64. The van der Waals surface area contributed by atoms with Crippen LogP contribution in [0.1, 0.15) is 43.0 Å². The number of H-pyrrole nitrogens is 1. The van der Waals surface area contributed by atoms with Crippen LogP contribution >= 0.6 is 12.2 Å². The minimum absolute atomic E-state index is 0.354. The molecule has 1 aromatic heterocycles. The minimum Gasteiger partial charge on any atom is -0.486 e. The monoisotopic (exact) mass is 393 g/mol. The number of nitrogens with zero attached hydrogens (tertiary/aromatic N) is 1. The number of thiocarbonyl (C=S) groups is 1. The fourth-order valence-corrected chi connectivity index (χ4v) is 4.48. The molecule has 5 nitrogen and oxygen atoms in total. The summed E-state index contributed by atoms with van der Waals surface area (Å²) in [7, 11) is 0. The van der Waals surface area contributed by atoms with Gasteiger partial charge in [0.25, 0.3) is 0 Å². The van der Waals surface area contributed by atoms with E-state index in [0.29, 0.717) is 25.2 Å². The molecule has 1 aliphatic carbocycles. The lowest BCUT2D eigenvalue weighted by atomic mass is 9.85. The Morgan fingerprint density at radius 1 is 1.07 bits per heavy atom. The van der Waals surface area contributed by atoms with E-state index in [1.165, 1.54) is 6.42 Å². The van der Waals surface area contributed by atoms with E-state index in [4.69, 9.17) is 26.7 Å². The molecule has 3 aromatic rings. The zero-order chi connectivity index (χ0) is 18.9. The molecule has 2 aromatic carbocycles. The summed E-state index contributed by atoms with van der Waals surface area (Å²) in [5, 5.41) is 3.57. The maximum Gasteiger partial charge on any atom is 0.162 e. The maximum atomic E-state index is 5.68. The van der Waals surface area contributed by atoms with E-state index in [1.807, 2.05) is 30.3 Å². The van der Waals surface area contributed by atoms with E-state index >= 15 is 0 Å². The van der Waals surface area contributed by atoms with Crippen molar-refractivity contribution in [3.8, 4) is 11.5 Å². The third kappa shape index (κ3) is 3.44. The van der Waals surface area contributed by atoms with E-state index < -0.39 is 0 Å². The molecule has 2 atom stereocenters. The van der Waals surface area contributed by atoms with Crippen LogP contribution in [0.5, 0.6) is 11.5 Å². The largest absolute Gasteiger partial charge is 0.486 e. The summed E-state index contributed by atoms with van der Waals surface area (Å²) in [5.41, 5.74) is 3.13. The first-order chi connectivity index (χ1) is 13.8. The number of ether oxygens (including phenoxy) is 2. The summed E-state index contributed by atoms with van der Waals surface area (Å²) < 4.78 is 11.3. The van der Waals surface area contributed by atoms with Crippen molar-refractivity contribution in [3.63, 3.8) is 0 Å². The zero-order valence-electron chi connectivity index (χ0n) is 15.6. The first kappa shape index (κ1) is 17.5. The van der Waals surface area contributed by atoms with Crippen molar-refractivity contribution in [3.05, 3.63) is 53.9 Å². The van der Waals surface area contributed by atoms with Crippen LogP contribution in [-0.2, 0) is 0 Å². The van der Waals surface area contributed by atoms with Crippen LogP contribution in [0.15, 0.2) is 42.5 Å². The fourth-order valence-electron chi connectivity index (χ4n) is 4.19. The molecule has 2 aliphatic rings. The van der Waals surface area contributed by atoms with Crippen molar-refractivity contribution < 1.29 is 9.47 Å². The molecular formula is C22H23N3O2S. The van der Waals surface area contributed by atoms with E-state index in [9.17, 15) is 0 Å². The fraction of sp³-hybridized carbons (Fsp3) is 0.364. The number of benzene rings is 2. The van der Waals surface area contributed by atoms with Crippen LogP contribution in [0.4, 0.5) is 0 Å². The summed E-state index contributed by atoms with van der Waals surface area (Å²) >= 11 is 5.68. The van der Waals surface area contributed by atoms with Gasteiger partial charge in [-0.05, 0) is 49.6 Å². The maximum absolute atomic E-state index is 5.68. The summed E-state index contributed by atoms with van der Waals surface area (Å²) in [6.07, 6.45) is 4.49. The molecule has 0 radical (unpaired) electrons. The third-order valence-electron chi connectivity index (χ3n) is 5.61. The third-order valence-corrected chi connectivity index (χ3v) is 5.96. The van der Waals surface area contributed by atoms with Gasteiger partial charge in [-0.2, -0.15) is 0 Å². The Hall–Kier alpha value is -2.60. The highest BCUT2D eigenvalue weighted by Crippen LogP contribution is 2.34. The first-order valence-corrected chi connectivity index (χ1v) is 10.3. The molecular weight excluding hydrogens is 370 g/mol. The normalized spacial score (nSPS) is 21.4. The van der Waals surface area contributed by atoms with Crippen molar-refractivity contribution >= 4 is 28.2 Å². The summed E-state index contributed by atoms with van der Waals surface area (Å²) in [6.45, 7) is 1.18. The van der Waals surface area contributed by atoms with Gasteiger partial charge < -0.3 is 19.8 Å². The number of nitrogens with one attached hydrogen (secondary N) is 2. The standard InChI is InChI=1S/C22H23N3O2S/c28-22(15-8-9-19-20(13-15)27-11-10-26-19)23-16-5-3-4-14(12-16)21-24-17-6-1-2-7-18(17)25-21/h1-2,6-9,13-14,16H,3-5,10-12H2,(H,23,28)(H,24,25)/t14?,16-/m1/s1. The molecule has 1 saturated carbocycles. The lowest BCUT2D eigenvalue weighted by Gasteiger charge is -2.29. The van der Waals surface area contributed by atoms with Crippen LogP contribution in [0.25, 0.3) is 11.0 Å². The molecule has 0 spiro atoms. The van der Waals surface area contributed by atoms with Crippen LogP contribution in [0.3, 0.4) is 0 Å². The van der Waals surface area contributed by atoms with Gasteiger partial charge in [-0.3, -0.25) is 0 Å². The summed E-state index contributed by atoms with van der Waals surface area (Å²) in [6, 6.07) is 14.5. The molecule has 0 amide bonds. The van der Waals surface area contributed by atoms with Gasteiger partial charge in [0.15, 0.2) is 11.5 Å². The van der Waals surface area contributed by atoms with Crippen molar-refractivity contribution in [2.75, 3.05) is 13.2 Å². The topological polar surface area (TPSA) is 59.2 Å². The second kappa shape index (κ2) is 7.43. The Balaban J connectivity index is 1.28. The predicted octanol–water partition coefficient (Wildman–Crippen LogP) is 4.33. The van der Waals surface area contributed by atoms with Crippen LogP contribution in [0, 0.1) is 0 Å². The van der Waals surface area contributed by atoms with E-state index in [-0.39, 0.29) is 0 Å². The molecule has 28 heavy (non-hydrogen) atoms. The highest BCUT2D eigenvalue weighted by Gasteiger charge is 2.26. The van der Waals surface area contributed by atoms with E-state index in [2.05, 4.69) is 22.4 Å². The molecule has 1 fully saturated rings. The molecule has 2 heterocycles. The second-order valence-electron chi connectivity index (χ2n) is 7.53. The van der Waals surface area contributed by atoms with Gasteiger partial charge in [0, 0.05) is 17.5 Å². The van der Waals surface area contributed by atoms with Crippen LogP contribution in [0.2, 0.25) is 0 Å². The zero-order valence-corrected chi connectivity index (χ0v) is 16.4. The van der Waals surface area contributed by atoms with Crippen LogP contribution < -0.4 is 14.8 Å². The van der Waals surface area contributed by atoms with Crippen molar-refractivity contribution in [1.82, 2.24) is 15.3 Å². The average Bonchev–Trinajstić information content (AvgIpc) is 3.18. The van der Waals surface area contributed by atoms with Gasteiger partial charge in [-0.15, -0.1) is 0 Å². The molecule has 1 aliphatic heterocycles. The number of aromatic amines is 1. The van der Waals surface area contributed by atoms with Gasteiger partial charge in [0.05, 0.1) is 11.0 Å². The van der Waals surface area contributed by atoms with E-state index in [0.717, 1.165) is 58.2 Å². The molecule has 0 bridgehead atoms. The molecule has 2 N–H and O–H groups in total. The van der Waals surface area contributed by atoms with Crippen molar-refractivity contribution in [1.29, 1.82) is 0 Å². The smallest absolute Gasteiger partial charge is 0.162 e. The van der Waals surface area contributed by atoms with Gasteiger partial charge in [-0.1, -0.05) is 30.8 Å². The minimum atomic E-state index is 0.354. The first-order valence-electron chi connectivity index (χ1n) is 9.91. The number of fused-ring (bicyclic) bond motifs is 2. The Bertz CT molecular complexity index is 983. The van der Waals surface area contributed by atoms with Crippen molar-refractivity contribution in [2.24, 2.45) is 0 Å². The Morgan fingerprint density at radius 3 is 2.82 bits per heavy atom. The molecule has 1 unspecified atom stereocenters. The lowest BCUT2D eigenvalue weighted by Crippen LogP contribution is -2.37. The lowest BCUT2D eigenvalue weighted by molar-refractivity contribution is 0.171. The number of rotatable bonds is 3. The number of hydrogen-bond donors (Lipinski definition) is 2. The van der Waals surface area contributed by atoms with E-state index in [1.54, 1.807) is 0 Å². The second-order valence-corrected chi connectivity index (χ2v) is 7.94. The Labute approximate surface area is 169 Å². The summed E-state index contributed by atoms with van der Waals surface area (Å²) in [4.78, 5) is 9.08. The highest BCUT2D eigenvalue weighted by atomic mass is 32.1. The average molecular weight is 394 g/mol. The molecule has 6 heteroatoms. The Morgan fingerprint density at radius 2 is 1.93 bits per heavy atom. The van der Waals surface area contributed by atoms with Gasteiger partial charge in [-0.25, -0.2) is 4.98 Å². The number of para-hydroxylation sites is 2. The van der Waals surface area contributed by atoms with Crippen LogP contribution in [-0.4, -0.2) is 34.2 Å². The molecule has 144 valence electrons. The van der Waals surface area contributed by atoms with Gasteiger partial charge in [0.2, 0.25) is 0 Å². The SMILES string of the molecule is S=C(N[C@@H]1CCCC(c2nc3ccccc3[nH]2)C1)c1ccc2c(c1)OCCO2. The van der Waals surface area contributed by atoms with Crippen molar-refractivity contribution in [2.45, 2.75) is 37.6 Å². The van der Waals surface area contributed by atoms with Gasteiger partial charge >= 0.3 is 0 Å².